The number of nitrogens with zero attached hydrogens (tertiary/aromatic N) is 2. The number of hydrogen-bond donors (Lipinski definition) is 0. The number of allylic oxidation sites excluding steroid dienone is 1. The predicted octanol–water partition coefficient (Wildman–Crippen LogP) is 3.44. The summed E-state index contributed by atoms with van der Waals surface area (Å²) < 4.78 is 25.8. The molecule has 0 amide bonds. The lowest BCUT2D eigenvalue weighted by molar-refractivity contribution is 0.000545. The van der Waals surface area contributed by atoms with Crippen molar-refractivity contribution in [2.45, 2.75) is 39.0 Å². The van der Waals surface area contributed by atoms with Gasteiger partial charge >= 0.3 is 0 Å². The van der Waals surface area contributed by atoms with Gasteiger partial charge in [0.15, 0.2) is 0 Å². The van der Waals surface area contributed by atoms with Gasteiger partial charge in [0.1, 0.15) is 0 Å². The molecule has 0 bridgehead atoms. The Kier molecular flexibility index (Phi) is 5.92. The summed E-state index contributed by atoms with van der Waals surface area (Å²) >= 11 is 0. The summed E-state index contributed by atoms with van der Waals surface area (Å²) in [6.45, 7) is 6.66. The van der Waals surface area contributed by atoms with E-state index in [0.717, 1.165) is 0 Å². The van der Waals surface area contributed by atoms with Crippen LogP contribution in [-0.2, 0) is 0 Å². The van der Waals surface area contributed by atoms with Crippen molar-refractivity contribution in [2.75, 3.05) is 0 Å². The van der Waals surface area contributed by atoms with Crippen molar-refractivity contribution in [3.8, 4) is 0 Å². The van der Waals surface area contributed by atoms with Gasteiger partial charge in [-0.15, -0.1) is 0 Å². The van der Waals surface area contributed by atoms with Crippen LogP contribution in [-0.4, -0.2) is 18.9 Å². The van der Waals surface area contributed by atoms with Gasteiger partial charge < -0.3 is 0 Å². The molecule has 0 saturated carbocycles. The molecule has 0 aromatic rings. The molecule has 0 unspecified atom stereocenters. The Morgan fingerprint density at radius 3 is 2.64 bits per heavy atom. The van der Waals surface area contributed by atoms with Gasteiger partial charge in [0, 0.05) is 25.3 Å². The maximum atomic E-state index is 12.9. The van der Waals surface area contributed by atoms with Gasteiger partial charge in [0.2, 0.25) is 0 Å². The van der Waals surface area contributed by atoms with E-state index in [9.17, 15) is 8.78 Å². The van der Waals surface area contributed by atoms with Gasteiger partial charge in [-0.25, -0.2) is 8.78 Å². The summed E-state index contributed by atoms with van der Waals surface area (Å²) in [5, 5.41) is 0. The number of aliphatic imine (C=N–C) groups is 2. The fourth-order valence-corrected chi connectivity index (χ4v) is 0.956. The topological polar surface area (TPSA) is 24.7 Å². The molecule has 14 heavy (non-hydrogen) atoms. The van der Waals surface area contributed by atoms with Crippen molar-refractivity contribution in [3.05, 3.63) is 11.9 Å². The Hall–Kier alpha value is -1.06. The van der Waals surface area contributed by atoms with E-state index in [0.29, 0.717) is 12.1 Å². The summed E-state index contributed by atoms with van der Waals surface area (Å²) in [5.74, 6) is -2.64. The molecule has 0 spiro atoms. The van der Waals surface area contributed by atoms with Gasteiger partial charge in [-0.05, 0) is 13.6 Å². The maximum absolute atomic E-state index is 12.9. The molecule has 0 aliphatic carbocycles. The second-order valence-corrected chi connectivity index (χ2v) is 3.07. The van der Waals surface area contributed by atoms with Gasteiger partial charge in [-0.2, -0.15) is 0 Å². The van der Waals surface area contributed by atoms with E-state index in [1.165, 1.54) is 12.4 Å². The first-order valence-electron chi connectivity index (χ1n) is 4.55. The average molecular weight is 202 g/mol. The zero-order chi connectivity index (χ0) is 11.0. The lowest BCUT2D eigenvalue weighted by Gasteiger charge is -2.11. The minimum absolute atomic E-state index is 0.0957. The zero-order valence-corrected chi connectivity index (χ0v) is 8.63. The van der Waals surface area contributed by atoms with Crippen LogP contribution in [0.3, 0.4) is 0 Å². The highest BCUT2D eigenvalue weighted by molar-refractivity contribution is 5.60. The highest BCUT2D eigenvalue weighted by atomic mass is 19.3. The molecule has 0 saturated heterocycles. The molecule has 0 radical (unpaired) electrons. The number of rotatable bonds is 6. The highest BCUT2D eigenvalue weighted by Crippen LogP contribution is 2.23. The third kappa shape index (κ3) is 6.46. The fraction of sp³-hybridized carbons (Fsp3) is 0.600. The first-order valence-corrected chi connectivity index (χ1v) is 4.55. The molecule has 0 aromatic carbocycles. The van der Waals surface area contributed by atoms with Crippen LogP contribution in [0.2, 0.25) is 0 Å². The molecule has 0 rings (SSSR count). The lowest BCUT2D eigenvalue weighted by atomic mass is 10.1. The normalized spacial score (nSPS) is 13.6. The third-order valence-corrected chi connectivity index (χ3v) is 1.58. The first kappa shape index (κ1) is 12.9. The van der Waals surface area contributed by atoms with Crippen LogP contribution in [0, 0.1) is 0 Å². The van der Waals surface area contributed by atoms with Crippen molar-refractivity contribution in [1.29, 1.82) is 0 Å². The van der Waals surface area contributed by atoms with Crippen LogP contribution in [0.1, 0.15) is 33.1 Å². The van der Waals surface area contributed by atoms with Gasteiger partial charge in [0.25, 0.3) is 5.92 Å². The minimum atomic E-state index is -2.64. The van der Waals surface area contributed by atoms with E-state index in [1.54, 1.807) is 13.8 Å². The Labute approximate surface area is 83.5 Å². The molecule has 0 heterocycles. The predicted molar refractivity (Wildman–Crippen MR) is 56.3 cm³/mol. The quantitative estimate of drug-likeness (QED) is 0.589. The Balaban J connectivity index is 4.03. The maximum Gasteiger partial charge on any atom is 0.253 e. The average Bonchev–Trinajstić information content (AvgIpc) is 2.03. The van der Waals surface area contributed by atoms with Gasteiger partial charge in [-0.1, -0.05) is 13.3 Å². The fourth-order valence-electron chi connectivity index (χ4n) is 0.956. The van der Waals surface area contributed by atoms with Crippen molar-refractivity contribution in [2.24, 2.45) is 9.98 Å². The van der Waals surface area contributed by atoms with Crippen molar-refractivity contribution < 1.29 is 8.78 Å². The summed E-state index contributed by atoms with van der Waals surface area (Å²) in [6, 6.07) is 0. The number of alkyl halides is 2. The van der Waals surface area contributed by atoms with Gasteiger partial charge in [0.05, 0.1) is 5.70 Å². The summed E-state index contributed by atoms with van der Waals surface area (Å²) in [4.78, 5) is 7.28. The molecular formula is C10H16F2N2. The molecule has 80 valence electrons. The minimum Gasteiger partial charge on any atom is -0.271 e. The lowest BCUT2D eigenvalue weighted by Crippen LogP contribution is -2.15. The molecule has 4 heteroatoms. The Morgan fingerprint density at radius 2 is 2.14 bits per heavy atom. The van der Waals surface area contributed by atoms with Crippen LogP contribution in [0.4, 0.5) is 8.78 Å². The number of halogens is 2. The van der Waals surface area contributed by atoms with E-state index in [2.05, 4.69) is 16.7 Å². The molecule has 2 nitrogen and oxygen atoms in total. The highest BCUT2D eigenvalue weighted by Gasteiger charge is 2.25. The van der Waals surface area contributed by atoms with E-state index < -0.39 is 5.92 Å². The Morgan fingerprint density at radius 1 is 1.50 bits per heavy atom. The van der Waals surface area contributed by atoms with Crippen LogP contribution >= 0.6 is 0 Å². The van der Waals surface area contributed by atoms with Crippen molar-refractivity contribution >= 4 is 12.9 Å². The summed E-state index contributed by atoms with van der Waals surface area (Å²) in [6.07, 6.45) is 2.72. The zero-order valence-electron chi connectivity index (χ0n) is 8.63. The van der Waals surface area contributed by atoms with Crippen molar-refractivity contribution in [3.63, 3.8) is 0 Å². The second kappa shape index (κ2) is 6.40. The van der Waals surface area contributed by atoms with E-state index in [-0.39, 0.29) is 12.8 Å². The molecule has 0 N–H and O–H groups in total. The molecular weight excluding hydrogens is 186 g/mol. The van der Waals surface area contributed by atoms with Crippen LogP contribution in [0.5, 0.6) is 0 Å². The molecule has 0 aliphatic rings. The molecule has 0 atom stereocenters. The van der Waals surface area contributed by atoms with E-state index in [1.807, 2.05) is 0 Å². The monoisotopic (exact) mass is 202 g/mol. The smallest absolute Gasteiger partial charge is 0.253 e. The molecule has 0 aliphatic heterocycles. The molecule has 0 fully saturated rings. The SMILES string of the molecule is C=N/C=C(/C)N=CCC(F)(F)CCC. The van der Waals surface area contributed by atoms with Crippen LogP contribution < -0.4 is 0 Å². The van der Waals surface area contributed by atoms with Crippen molar-refractivity contribution in [1.82, 2.24) is 0 Å². The van der Waals surface area contributed by atoms with Crippen LogP contribution in [0.15, 0.2) is 21.9 Å². The van der Waals surface area contributed by atoms with E-state index >= 15 is 0 Å². The second-order valence-electron chi connectivity index (χ2n) is 3.07. The molecule has 0 aromatic heterocycles. The van der Waals surface area contributed by atoms with E-state index in [4.69, 9.17) is 0 Å². The van der Waals surface area contributed by atoms with Gasteiger partial charge in [-0.3, -0.25) is 9.98 Å². The summed E-state index contributed by atoms with van der Waals surface area (Å²) in [5.41, 5.74) is 0.576. The standard InChI is InChI=1S/C10H16F2N2/c1-4-5-10(11,12)6-7-14-9(2)8-13-3/h7-8H,3-6H2,1-2H3/b9-8-,14-7?. The Bertz CT molecular complexity index is 232. The van der Waals surface area contributed by atoms with Crippen LogP contribution in [0.25, 0.3) is 0 Å². The third-order valence-electron chi connectivity index (χ3n) is 1.58. The first-order chi connectivity index (χ1) is 6.52. The summed E-state index contributed by atoms with van der Waals surface area (Å²) in [7, 11) is 0. The number of hydrogen-bond acceptors (Lipinski definition) is 2. The largest absolute Gasteiger partial charge is 0.271 e.